The van der Waals surface area contributed by atoms with Crippen LogP contribution in [0.25, 0.3) is 11.3 Å². The highest BCUT2D eigenvalue weighted by molar-refractivity contribution is 6.30. The van der Waals surface area contributed by atoms with Crippen molar-refractivity contribution in [3.05, 3.63) is 113 Å². The largest absolute Gasteiger partial charge is 0.355 e. The van der Waals surface area contributed by atoms with Crippen LogP contribution in [-0.2, 0) is 4.79 Å². The van der Waals surface area contributed by atoms with E-state index >= 15 is 0 Å². The predicted molar refractivity (Wildman–Crippen MR) is 183 cm³/mol. The zero-order valence-corrected chi connectivity index (χ0v) is 27.5. The average molecular weight is 642 g/mol. The van der Waals surface area contributed by atoms with Crippen LogP contribution < -0.4 is 10.6 Å². The minimum Gasteiger partial charge on any atom is -0.355 e. The first-order chi connectivity index (χ1) is 22.4. The lowest BCUT2D eigenvalue weighted by atomic mass is 9.90. The lowest BCUT2D eigenvalue weighted by Crippen LogP contribution is -2.52. The number of nitrogens with zero attached hydrogens (tertiary/aromatic N) is 3. The smallest absolute Gasteiger partial charge is 0.273 e. The zero-order valence-electron chi connectivity index (χ0n) is 26.7. The molecule has 8 nitrogen and oxygen atoms in total. The van der Waals surface area contributed by atoms with E-state index in [-0.39, 0.29) is 29.5 Å². The molecule has 9 heteroatoms. The molecular formula is C37H44ClN5O3. The number of carbonyl (C=O) groups excluding carboxylic acids is 2. The molecule has 1 unspecified atom stereocenters. The molecule has 3 aromatic carbocycles. The molecule has 46 heavy (non-hydrogen) atoms. The van der Waals surface area contributed by atoms with Crippen molar-refractivity contribution in [2.45, 2.75) is 50.6 Å². The van der Waals surface area contributed by atoms with Crippen LogP contribution in [-0.4, -0.2) is 78.6 Å². The number of likely N-dealkylation sites (tertiary alicyclic amines) is 1. The van der Waals surface area contributed by atoms with Crippen LogP contribution in [0.1, 0.15) is 60.1 Å². The molecule has 1 saturated heterocycles. The van der Waals surface area contributed by atoms with E-state index in [9.17, 15) is 9.59 Å². The fourth-order valence-corrected chi connectivity index (χ4v) is 6.17. The lowest BCUT2D eigenvalue weighted by molar-refractivity contribution is -0.132. The number of nitrogens with one attached hydrogen (secondary N) is 2. The molecule has 1 aliphatic heterocycles. The third-order valence-electron chi connectivity index (χ3n) is 8.64. The minimum atomic E-state index is -0.394. The Hall–Kier alpha value is -3.98. The first-order valence-corrected chi connectivity index (χ1v) is 16.6. The molecule has 1 aliphatic rings. The Bertz CT molecular complexity index is 1480. The first-order valence-electron chi connectivity index (χ1n) is 16.2. The maximum atomic E-state index is 14.1. The Labute approximate surface area is 277 Å². The standard InChI is InChI=1S/C37H44ClN5O3/c1-27(25-39-36(44)34-24-35(46-41-34)30-16-18-31(38)19-17-30)40-33(20-23-43-21-10-5-11-22-43)37(45)42(2)26-32(28-12-6-3-7-13-28)29-14-8-4-9-15-29/h3-4,6-9,12-19,24,27,32-33,40H,5,10-11,20-23,25-26H2,1-2H3,(H,39,44)/t27?,33-/m0/s1. The van der Waals surface area contributed by atoms with E-state index in [1.165, 1.54) is 30.4 Å². The molecule has 0 aliphatic carbocycles. The number of halogens is 1. The van der Waals surface area contributed by atoms with E-state index in [4.69, 9.17) is 16.1 Å². The molecule has 2 amide bonds. The maximum Gasteiger partial charge on any atom is 0.273 e. The molecule has 5 rings (SSSR count). The quantitative estimate of drug-likeness (QED) is 0.169. The molecule has 0 bridgehead atoms. The van der Waals surface area contributed by atoms with Crippen molar-refractivity contribution in [3.8, 4) is 11.3 Å². The number of rotatable bonds is 14. The van der Waals surface area contributed by atoms with E-state index in [0.717, 1.165) is 25.2 Å². The fourth-order valence-electron chi connectivity index (χ4n) is 6.05. The molecule has 2 heterocycles. The Balaban J connectivity index is 1.23. The van der Waals surface area contributed by atoms with Gasteiger partial charge in [-0.15, -0.1) is 0 Å². The number of hydrogen-bond acceptors (Lipinski definition) is 6. The normalized spacial score (nSPS) is 15.0. The Kier molecular flexibility index (Phi) is 12.0. The van der Waals surface area contributed by atoms with Crippen LogP contribution in [0.15, 0.2) is 95.5 Å². The second-order valence-corrected chi connectivity index (χ2v) is 12.6. The van der Waals surface area contributed by atoms with E-state index in [1.54, 1.807) is 18.2 Å². The van der Waals surface area contributed by atoms with Crippen molar-refractivity contribution in [1.29, 1.82) is 0 Å². The van der Waals surface area contributed by atoms with E-state index < -0.39 is 6.04 Å². The van der Waals surface area contributed by atoms with Crippen molar-refractivity contribution in [3.63, 3.8) is 0 Å². The second kappa shape index (κ2) is 16.5. The van der Waals surface area contributed by atoms with Gasteiger partial charge in [0.15, 0.2) is 11.5 Å². The number of piperidine rings is 1. The van der Waals surface area contributed by atoms with Crippen LogP contribution in [0.4, 0.5) is 0 Å². The van der Waals surface area contributed by atoms with Crippen LogP contribution in [0.3, 0.4) is 0 Å². The summed E-state index contributed by atoms with van der Waals surface area (Å²) in [7, 11) is 1.89. The highest BCUT2D eigenvalue weighted by Gasteiger charge is 2.27. The topological polar surface area (TPSA) is 90.7 Å². The third-order valence-corrected chi connectivity index (χ3v) is 8.90. The summed E-state index contributed by atoms with van der Waals surface area (Å²) in [5, 5.41) is 11.1. The lowest BCUT2D eigenvalue weighted by Gasteiger charge is -2.32. The van der Waals surface area contributed by atoms with Gasteiger partial charge in [-0.25, -0.2) is 0 Å². The summed E-state index contributed by atoms with van der Waals surface area (Å²) in [6.45, 7) is 5.87. The van der Waals surface area contributed by atoms with Gasteiger partial charge in [-0.2, -0.15) is 0 Å². The fraction of sp³-hybridized carbons (Fsp3) is 0.378. The number of benzene rings is 3. The summed E-state index contributed by atoms with van der Waals surface area (Å²) in [5.41, 5.74) is 3.33. The average Bonchev–Trinajstić information content (AvgIpc) is 3.60. The van der Waals surface area contributed by atoms with Crippen LogP contribution >= 0.6 is 11.6 Å². The van der Waals surface area contributed by atoms with Gasteiger partial charge < -0.3 is 25.0 Å². The molecule has 4 aromatic rings. The second-order valence-electron chi connectivity index (χ2n) is 12.2. The molecule has 0 spiro atoms. The summed E-state index contributed by atoms with van der Waals surface area (Å²) in [4.78, 5) is 31.3. The molecular weight excluding hydrogens is 598 g/mol. The molecule has 2 atom stereocenters. The summed E-state index contributed by atoms with van der Waals surface area (Å²) in [5.74, 6) is 0.260. The highest BCUT2D eigenvalue weighted by atomic mass is 35.5. The van der Waals surface area contributed by atoms with Crippen molar-refractivity contribution in [1.82, 2.24) is 25.6 Å². The van der Waals surface area contributed by atoms with E-state index in [0.29, 0.717) is 30.3 Å². The number of aromatic nitrogens is 1. The minimum absolute atomic E-state index is 0.0519. The maximum absolute atomic E-state index is 14.1. The zero-order chi connectivity index (χ0) is 32.3. The van der Waals surface area contributed by atoms with E-state index in [2.05, 4.69) is 45.0 Å². The van der Waals surface area contributed by atoms with Gasteiger partial charge in [0.1, 0.15) is 0 Å². The van der Waals surface area contributed by atoms with Crippen molar-refractivity contribution < 1.29 is 14.1 Å². The van der Waals surface area contributed by atoms with Gasteiger partial charge in [-0.3, -0.25) is 9.59 Å². The monoisotopic (exact) mass is 641 g/mol. The number of carbonyl (C=O) groups is 2. The van der Waals surface area contributed by atoms with Crippen LogP contribution in [0.2, 0.25) is 5.02 Å². The molecule has 1 fully saturated rings. The SMILES string of the molecule is CC(CNC(=O)c1cc(-c2ccc(Cl)cc2)on1)N[C@@H](CCN1CCCCC1)C(=O)N(C)CC(c1ccccc1)c1ccccc1. The summed E-state index contributed by atoms with van der Waals surface area (Å²) in [6, 6.07) is 28.9. The van der Waals surface area contributed by atoms with Crippen molar-refractivity contribution in [2.75, 3.05) is 39.8 Å². The highest BCUT2D eigenvalue weighted by Crippen LogP contribution is 2.26. The molecule has 2 N–H and O–H groups in total. The molecule has 0 radical (unpaired) electrons. The van der Waals surface area contributed by atoms with Gasteiger partial charge >= 0.3 is 0 Å². The summed E-state index contributed by atoms with van der Waals surface area (Å²) in [6.07, 6.45) is 4.36. The molecule has 242 valence electrons. The molecule has 1 aromatic heterocycles. The number of likely N-dealkylation sites (N-methyl/N-ethyl adjacent to an activating group) is 1. The van der Waals surface area contributed by atoms with Gasteiger partial charge in [0.25, 0.3) is 5.91 Å². The summed E-state index contributed by atoms with van der Waals surface area (Å²) < 4.78 is 5.40. The van der Waals surface area contributed by atoms with Crippen LogP contribution in [0.5, 0.6) is 0 Å². The summed E-state index contributed by atoms with van der Waals surface area (Å²) >= 11 is 5.99. The van der Waals surface area contributed by atoms with Gasteiger partial charge in [0, 0.05) is 55.3 Å². The van der Waals surface area contributed by atoms with Crippen molar-refractivity contribution >= 4 is 23.4 Å². The Morgan fingerprint density at radius 3 is 2.20 bits per heavy atom. The van der Waals surface area contributed by atoms with Crippen molar-refractivity contribution in [2.24, 2.45) is 0 Å². The predicted octanol–water partition coefficient (Wildman–Crippen LogP) is 6.24. The van der Waals surface area contributed by atoms with Gasteiger partial charge in [-0.05, 0) is 74.7 Å². The first kappa shape index (κ1) is 33.4. The number of hydrogen-bond donors (Lipinski definition) is 2. The van der Waals surface area contributed by atoms with Crippen LogP contribution in [0, 0.1) is 0 Å². The van der Waals surface area contributed by atoms with E-state index in [1.807, 2.05) is 67.4 Å². The van der Waals surface area contributed by atoms with Gasteiger partial charge in [0.05, 0.1) is 6.04 Å². The molecule has 0 saturated carbocycles. The van der Waals surface area contributed by atoms with Gasteiger partial charge in [0.2, 0.25) is 5.91 Å². The third kappa shape index (κ3) is 9.28. The van der Waals surface area contributed by atoms with Gasteiger partial charge in [-0.1, -0.05) is 83.8 Å². The number of amides is 2. The Morgan fingerprint density at radius 2 is 1.57 bits per heavy atom. The Morgan fingerprint density at radius 1 is 0.935 bits per heavy atom.